The molecule has 1 aromatic carbocycles. The van der Waals surface area contributed by atoms with Gasteiger partial charge in [0.1, 0.15) is 0 Å². The van der Waals surface area contributed by atoms with Crippen molar-refractivity contribution in [3.63, 3.8) is 0 Å². The number of nitrogens with zero attached hydrogens (tertiary/aromatic N) is 1. The van der Waals surface area contributed by atoms with Gasteiger partial charge in [-0.2, -0.15) is 13.2 Å². The molecule has 0 unspecified atom stereocenters. The quantitative estimate of drug-likeness (QED) is 0.788. The highest BCUT2D eigenvalue weighted by atomic mass is 35.7. The fourth-order valence-electron chi connectivity index (χ4n) is 2.43. The fourth-order valence-corrected chi connectivity index (χ4v) is 3.26. The number of halogens is 4. The lowest BCUT2D eigenvalue weighted by Gasteiger charge is -2.26. The summed E-state index contributed by atoms with van der Waals surface area (Å²) in [6.45, 7) is 1.90. The average molecular weight is 342 g/mol. The van der Waals surface area contributed by atoms with Crippen molar-refractivity contribution in [1.82, 2.24) is 4.90 Å². The van der Waals surface area contributed by atoms with Crippen LogP contribution in [0.1, 0.15) is 30.4 Å². The Morgan fingerprint density at radius 3 is 2.24 bits per heavy atom. The van der Waals surface area contributed by atoms with Gasteiger partial charge in [0.05, 0.1) is 10.5 Å². The number of hydrogen-bond acceptors (Lipinski definition) is 3. The van der Waals surface area contributed by atoms with Crippen molar-refractivity contribution in [2.45, 2.75) is 36.9 Å². The molecule has 1 heterocycles. The van der Waals surface area contributed by atoms with Gasteiger partial charge in [0.15, 0.2) is 0 Å². The third-order valence-electron chi connectivity index (χ3n) is 3.43. The lowest BCUT2D eigenvalue weighted by atomic mass is 10.1. The maximum Gasteiger partial charge on any atom is 0.416 e. The molecule has 0 radical (unpaired) electrons. The first-order chi connectivity index (χ1) is 9.66. The average Bonchev–Trinajstić information content (AvgIpc) is 2.37. The number of hydrogen-bond donors (Lipinski definition) is 0. The summed E-state index contributed by atoms with van der Waals surface area (Å²) in [6, 6.07) is 2.77. The molecule has 1 aliphatic heterocycles. The normalized spacial score (nSPS) is 17.9. The zero-order chi connectivity index (χ0) is 15.7. The molecule has 2 rings (SSSR count). The van der Waals surface area contributed by atoms with Crippen molar-refractivity contribution in [1.29, 1.82) is 0 Å². The number of rotatable bonds is 3. The number of likely N-dealkylation sites (tertiary alicyclic amines) is 1. The van der Waals surface area contributed by atoms with Crippen molar-refractivity contribution in [3.05, 3.63) is 29.3 Å². The van der Waals surface area contributed by atoms with E-state index in [1.807, 2.05) is 4.90 Å². The van der Waals surface area contributed by atoms with Crippen LogP contribution in [0.2, 0.25) is 0 Å². The van der Waals surface area contributed by atoms with Gasteiger partial charge in [0.2, 0.25) is 0 Å². The molecule has 3 nitrogen and oxygen atoms in total. The van der Waals surface area contributed by atoms with Gasteiger partial charge in [0.25, 0.3) is 9.05 Å². The first kappa shape index (κ1) is 16.6. The van der Waals surface area contributed by atoms with Gasteiger partial charge in [-0.15, -0.1) is 0 Å². The monoisotopic (exact) mass is 341 g/mol. The van der Waals surface area contributed by atoms with Gasteiger partial charge in [-0.3, -0.25) is 4.90 Å². The molecule has 0 amide bonds. The van der Waals surface area contributed by atoms with E-state index in [1.165, 1.54) is 6.07 Å². The molecule has 0 N–H and O–H groups in total. The Morgan fingerprint density at radius 2 is 1.71 bits per heavy atom. The van der Waals surface area contributed by atoms with Crippen LogP contribution >= 0.6 is 10.7 Å². The highest BCUT2D eigenvalue weighted by Gasteiger charge is 2.32. The number of benzene rings is 1. The van der Waals surface area contributed by atoms with E-state index < -0.39 is 25.7 Å². The molecule has 1 fully saturated rings. The van der Waals surface area contributed by atoms with Crippen LogP contribution in [-0.2, 0) is 21.8 Å². The third kappa shape index (κ3) is 4.59. The van der Waals surface area contributed by atoms with Gasteiger partial charge in [-0.1, -0.05) is 6.42 Å². The third-order valence-corrected chi connectivity index (χ3v) is 4.76. The summed E-state index contributed by atoms with van der Waals surface area (Å²) in [7, 11) is 0.991. The Labute approximate surface area is 126 Å². The summed E-state index contributed by atoms with van der Waals surface area (Å²) in [6.07, 6.45) is -1.49. The molecule has 118 valence electrons. The SMILES string of the molecule is O=S(=O)(Cl)c1cc(CN2CCCCC2)cc(C(F)(F)F)c1. The summed E-state index contributed by atoms with van der Waals surface area (Å²) in [5.41, 5.74) is -0.679. The van der Waals surface area contributed by atoms with Gasteiger partial charge in [-0.05, 0) is 49.7 Å². The number of alkyl halides is 3. The highest BCUT2D eigenvalue weighted by molar-refractivity contribution is 8.13. The van der Waals surface area contributed by atoms with Crippen LogP contribution < -0.4 is 0 Å². The molecule has 0 spiro atoms. The van der Waals surface area contributed by atoms with E-state index in [2.05, 4.69) is 0 Å². The van der Waals surface area contributed by atoms with E-state index in [-0.39, 0.29) is 0 Å². The van der Waals surface area contributed by atoms with Crippen molar-refractivity contribution >= 4 is 19.7 Å². The Bertz CT molecular complexity index is 610. The Hall–Kier alpha value is -0.790. The van der Waals surface area contributed by atoms with Crippen LogP contribution in [0, 0.1) is 0 Å². The molecule has 0 saturated carbocycles. The molecule has 21 heavy (non-hydrogen) atoms. The van der Waals surface area contributed by atoms with Crippen LogP contribution in [0.25, 0.3) is 0 Å². The van der Waals surface area contributed by atoms with E-state index in [9.17, 15) is 21.6 Å². The lowest BCUT2D eigenvalue weighted by Crippen LogP contribution is -2.29. The molecule has 1 aromatic rings. The Kier molecular flexibility index (Phi) is 4.85. The Morgan fingerprint density at radius 1 is 1.10 bits per heavy atom. The van der Waals surface area contributed by atoms with Crippen molar-refractivity contribution < 1.29 is 21.6 Å². The molecule has 0 bridgehead atoms. The second-order valence-corrected chi connectivity index (χ2v) is 7.70. The second kappa shape index (κ2) is 6.14. The topological polar surface area (TPSA) is 37.4 Å². The molecule has 1 saturated heterocycles. The first-order valence-electron chi connectivity index (χ1n) is 6.54. The summed E-state index contributed by atoms with van der Waals surface area (Å²) >= 11 is 0. The van der Waals surface area contributed by atoms with E-state index in [1.54, 1.807) is 0 Å². The fraction of sp³-hybridized carbons (Fsp3) is 0.538. The van der Waals surface area contributed by atoms with Gasteiger partial charge >= 0.3 is 6.18 Å². The van der Waals surface area contributed by atoms with Gasteiger partial charge < -0.3 is 0 Å². The second-order valence-electron chi connectivity index (χ2n) is 5.14. The minimum absolute atomic E-state index is 0.295. The molecule has 0 aliphatic carbocycles. The standard InChI is InChI=1S/C13H15ClF3NO2S/c14-21(19,20)12-7-10(6-11(8-12)13(15,16)17)9-18-4-2-1-3-5-18/h6-8H,1-5,9H2. The predicted octanol–water partition coefficient (Wildman–Crippen LogP) is 3.62. The van der Waals surface area contributed by atoms with Crippen molar-refractivity contribution in [2.75, 3.05) is 13.1 Å². The lowest BCUT2D eigenvalue weighted by molar-refractivity contribution is -0.137. The van der Waals surface area contributed by atoms with Crippen LogP contribution in [-0.4, -0.2) is 26.4 Å². The summed E-state index contributed by atoms with van der Waals surface area (Å²) in [5.74, 6) is 0. The molecule has 8 heteroatoms. The summed E-state index contributed by atoms with van der Waals surface area (Å²) in [5, 5.41) is 0. The van der Waals surface area contributed by atoms with Crippen LogP contribution in [0.3, 0.4) is 0 Å². The summed E-state index contributed by atoms with van der Waals surface area (Å²) in [4.78, 5) is 1.51. The molecule has 0 atom stereocenters. The smallest absolute Gasteiger partial charge is 0.299 e. The molecular weight excluding hydrogens is 327 g/mol. The van der Waals surface area contributed by atoms with E-state index in [0.717, 1.165) is 38.4 Å². The maximum absolute atomic E-state index is 12.9. The van der Waals surface area contributed by atoms with Crippen LogP contribution in [0.4, 0.5) is 13.2 Å². The van der Waals surface area contributed by atoms with E-state index in [4.69, 9.17) is 10.7 Å². The van der Waals surface area contributed by atoms with Gasteiger partial charge in [0, 0.05) is 17.2 Å². The van der Waals surface area contributed by atoms with Gasteiger partial charge in [-0.25, -0.2) is 8.42 Å². The number of piperidine rings is 1. The first-order valence-corrected chi connectivity index (χ1v) is 8.85. The maximum atomic E-state index is 12.9. The van der Waals surface area contributed by atoms with Crippen molar-refractivity contribution in [3.8, 4) is 0 Å². The van der Waals surface area contributed by atoms with Crippen LogP contribution in [0.15, 0.2) is 23.1 Å². The minimum Gasteiger partial charge on any atom is -0.299 e. The minimum atomic E-state index is -4.60. The zero-order valence-electron chi connectivity index (χ0n) is 11.2. The zero-order valence-corrected chi connectivity index (χ0v) is 12.7. The van der Waals surface area contributed by atoms with E-state index >= 15 is 0 Å². The molecular formula is C13H15ClF3NO2S. The molecule has 0 aromatic heterocycles. The van der Waals surface area contributed by atoms with Crippen molar-refractivity contribution in [2.24, 2.45) is 0 Å². The van der Waals surface area contributed by atoms with E-state index in [0.29, 0.717) is 18.2 Å². The highest BCUT2D eigenvalue weighted by Crippen LogP contribution is 2.33. The molecule has 1 aliphatic rings. The summed E-state index contributed by atoms with van der Waals surface area (Å²) < 4.78 is 61.3. The predicted molar refractivity (Wildman–Crippen MR) is 73.6 cm³/mol. The Balaban J connectivity index is 2.35. The van der Waals surface area contributed by atoms with Crippen LogP contribution in [0.5, 0.6) is 0 Å². The largest absolute Gasteiger partial charge is 0.416 e.